The molecule has 0 bridgehead atoms. The number of hydrogen-bond acceptors (Lipinski definition) is 0. The van der Waals surface area contributed by atoms with Gasteiger partial charge < -0.3 is 0 Å². The van der Waals surface area contributed by atoms with Gasteiger partial charge in [0.15, 0.2) is 0 Å². The van der Waals surface area contributed by atoms with E-state index in [1.54, 1.807) is 0 Å². The van der Waals surface area contributed by atoms with E-state index in [1.807, 2.05) is 0 Å². The molecule has 0 unspecified atom stereocenters. The Morgan fingerprint density at radius 3 is 1.31 bits per heavy atom. The maximum atomic E-state index is 11.8. The quantitative estimate of drug-likeness (QED) is 0.354. The fourth-order valence-electron chi connectivity index (χ4n) is 1.66. The van der Waals surface area contributed by atoms with Crippen LogP contribution in [0.2, 0.25) is 0 Å². The molecule has 0 aliphatic heterocycles. The van der Waals surface area contributed by atoms with Gasteiger partial charge >= 0.3 is 6.18 Å². The van der Waals surface area contributed by atoms with Gasteiger partial charge in [0.05, 0.1) is 6.67 Å². The van der Waals surface area contributed by atoms with Crippen LogP contribution in [0.15, 0.2) is 0 Å². The van der Waals surface area contributed by atoms with E-state index < -0.39 is 12.6 Å². The van der Waals surface area contributed by atoms with Crippen LogP contribution >= 0.6 is 0 Å². The van der Waals surface area contributed by atoms with E-state index in [2.05, 4.69) is 0 Å². The van der Waals surface area contributed by atoms with Crippen LogP contribution in [0.4, 0.5) is 17.6 Å². The Hall–Kier alpha value is -0.280. The molecule has 0 amide bonds. The minimum atomic E-state index is -3.99. The van der Waals surface area contributed by atoms with Crippen molar-refractivity contribution in [3.8, 4) is 0 Å². The summed E-state index contributed by atoms with van der Waals surface area (Å²) in [5.74, 6) is 0. The van der Waals surface area contributed by atoms with Crippen LogP contribution < -0.4 is 0 Å². The molecule has 0 heterocycles. The molecule has 0 atom stereocenters. The molecule has 0 nitrogen and oxygen atoms in total. The highest BCUT2D eigenvalue weighted by Crippen LogP contribution is 2.23. The molecule has 0 saturated carbocycles. The molecule has 98 valence electrons. The highest BCUT2D eigenvalue weighted by atomic mass is 19.4. The van der Waals surface area contributed by atoms with Gasteiger partial charge in [0, 0.05) is 6.42 Å². The number of unbranched alkanes of at least 4 members (excludes halogenated alkanes) is 8. The molecule has 0 aromatic rings. The first-order chi connectivity index (χ1) is 7.56. The van der Waals surface area contributed by atoms with Crippen LogP contribution in [0.1, 0.15) is 64.2 Å². The lowest BCUT2D eigenvalue weighted by molar-refractivity contribution is -0.135. The van der Waals surface area contributed by atoms with Crippen LogP contribution in [-0.4, -0.2) is 12.9 Å². The summed E-state index contributed by atoms with van der Waals surface area (Å²) in [4.78, 5) is 0. The maximum Gasteiger partial charge on any atom is 0.389 e. The minimum Gasteiger partial charge on any atom is -0.251 e. The van der Waals surface area contributed by atoms with Crippen LogP contribution in [0.5, 0.6) is 0 Å². The van der Waals surface area contributed by atoms with Gasteiger partial charge in [-0.15, -0.1) is 0 Å². The van der Waals surface area contributed by atoms with Crippen molar-refractivity contribution in [2.24, 2.45) is 0 Å². The van der Waals surface area contributed by atoms with Crippen molar-refractivity contribution in [3.05, 3.63) is 0 Å². The second kappa shape index (κ2) is 9.91. The number of halogens is 4. The van der Waals surface area contributed by atoms with E-state index in [4.69, 9.17) is 0 Å². The fourth-order valence-corrected chi connectivity index (χ4v) is 1.66. The first-order valence-corrected chi connectivity index (χ1v) is 6.19. The summed E-state index contributed by atoms with van der Waals surface area (Å²) < 4.78 is 47.0. The van der Waals surface area contributed by atoms with E-state index in [9.17, 15) is 17.6 Å². The fraction of sp³-hybridized carbons (Fsp3) is 1.00. The summed E-state index contributed by atoms with van der Waals surface area (Å²) in [6.45, 7) is -0.239. The summed E-state index contributed by atoms with van der Waals surface area (Å²) in [5, 5.41) is 0. The highest BCUT2D eigenvalue weighted by molar-refractivity contribution is 4.52. The van der Waals surface area contributed by atoms with Gasteiger partial charge in [-0.2, -0.15) is 13.2 Å². The molecule has 0 spiro atoms. The number of alkyl halides is 4. The van der Waals surface area contributed by atoms with Crippen LogP contribution in [0.3, 0.4) is 0 Å². The molecule has 0 aromatic heterocycles. The first kappa shape index (κ1) is 15.7. The average Bonchev–Trinajstić information content (AvgIpc) is 2.19. The third-order valence-corrected chi connectivity index (χ3v) is 2.59. The second-order valence-electron chi connectivity index (χ2n) is 4.24. The van der Waals surface area contributed by atoms with Crippen molar-refractivity contribution in [1.29, 1.82) is 0 Å². The van der Waals surface area contributed by atoms with Gasteiger partial charge in [-0.1, -0.05) is 44.9 Å². The lowest BCUT2D eigenvalue weighted by Gasteiger charge is -2.05. The lowest BCUT2D eigenvalue weighted by Crippen LogP contribution is -2.06. The number of hydrogen-bond donors (Lipinski definition) is 0. The third-order valence-electron chi connectivity index (χ3n) is 2.59. The SMILES string of the molecule is FCCCCCCCCCCCC(F)(F)F. The Labute approximate surface area is 95.4 Å². The molecule has 0 radical (unpaired) electrons. The first-order valence-electron chi connectivity index (χ1n) is 6.19. The van der Waals surface area contributed by atoms with Crippen molar-refractivity contribution >= 4 is 0 Å². The monoisotopic (exact) mass is 242 g/mol. The van der Waals surface area contributed by atoms with Crippen LogP contribution in [0, 0.1) is 0 Å². The third kappa shape index (κ3) is 13.7. The predicted octanol–water partition coefficient (Wildman–Crippen LogP) is 5.42. The Balaban J connectivity index is 2.99. The predicted molar refractivity (Wildman–Crippen MR) is 58.2 cm³/mol. The van der Waals surface area contributed by atoms with Crippen molar-refractivity contribution in [2.75, 3.05) is 6.67 Å². The lowest BCUT2D eigenvalue weighted by atomic mass is 10.1. The van der Waals surface area contributed by atoms with Crippen molar-refractivity contribution in [2.45, 2.75) is 70.4 Å². The van der Waals surface area contributed by atoms with E-state index in [1.165, 1.54) is 0 Å². The Kier molecular flexibility index (Phi) is 9.74. The Morgan fingerprint density at radius 2 is 0.938 bits per heavy atom. The molecule has 0 rings (SSSR count). The molecule has 0 fully saturated rings. The molecule has 0 aromatic carbocycles. The van der Waals surface area contributed by atoms with Gasteiger partial charge in [-0.05, 0) is 12.8 Å². The van der Waals surface area contributed by atoms with Crippen LogP contribution in [-0.2, 0) is 0 Å². The van der Waals surface area contributed by atoms with Gasteiger partial charge in [0.25, 0.3) is 0 Å². The summed E-state index contributed by atoms with van der Waals surface area (Å²) in [6.07, 6.45) is 2.96. The molecular formula is C12H22F4. The van der Waals surface area contributed by atoms with E-state index in [0.717, 1.165) is 38.5 Å². The molecule has 0 aliphatic carbocycles. The van der Waals surface area contributed by atoms with Gasteiger partial charge in [-0.3, -0.25) is 4.39 Å². The van der Waals surface area contributed by atoms with E-state index in [-0.39, 0.29) is 13.1 Å². The van der Waals surface area contributed by atoms with Gasteiger partial charge in [-0.25, -0.2) is 0 Å². The van der Waals surface area contributed by atoms with Gasteiger partial charge in [0.1, 0.15) is 0 Å². The summed E-state index contributed by atoms with van der Waals surface area (Å²) >= 11 is 0. The smallest absolute Gasteiger partial charge is 0.251 e. The van der Waals surface area contributed by atoms with Crippen LogP contribution in [0.25, 0.3) is 0 Å². The molecule has 0 N–H and O–H groups in total. The summed E-state index contributed by atoms with van der Waals surface area (Å²) in [7, 11) is 0. The van der Waals surface area contributed by atoms with Crippen molar-refractivity contribution in [3.63, 3.8) is 0 Å². The van der Waals surface area contributed by atoms with Gasteiger partial charge in [0.2, 0.25) is 0 Å². The molecule has 16 heavy (non-hydrogen) atoms. The minimum absolute atomic E-state index is 0.239. The Bertz CT molecular complexity index is 142. The molecule has 0 aliphatic rings. The zero-order chi connectivity index (χ0) is 12.3. The molecule has 4 heteroatoms. The zero-order valence-electron chi connectivity index (χ0n) is 9.79. The summed E-state index contributed by atoms with van der Waals surface area (Å²) in [6, 6.07) is 0. The van der Waals surface area contributed by atoms with Crippen molar-refractivity contribution < 1.29 is 17.6 Å². The average molecular weight is 242 g/mol. The maximum absolute atomic E-state index is 11.8. The summed E-state index contributed by atoms with van der Waals surface area (Å²) in [5.41, 5.74) is 0. The molecule has 0 saturated heterocycles. The standard InChI is InChI=1S/C12H22F4/c13-11-9-7-5-3-1-2-4-6-8-10-12(14,15)16/h1-11H2. The highest BCUT2D eigenvalue weighted by Gasteiger charge is 2.25. The number of rotatable bonds is 10. The largest absolute Gasteiger partial charge is 0.389 e. The zero-order valence-corrected chi connectivity index (χ0v) is 9.79. The van der Waals surface area contributed by atoms with E-state index in [0.29, 0.717) is 12.8 Å². The molecular weight excluding hydrogens is 220 g/mol. The normalized spacial score (nSPS) is 12.0. The van der Waals surface area contributed by atoms with E-state index >= 15 is 0 Å². The topological polar surface area (TPSA) is 0 Å². The Morgan fingerprint density at radius 1 is 0.562 bits per heavy atom. The van der Waals surface area contributed by atoms with Crippen molar-refractivity contribution in [1.82, 2.24) is 0 Å². The second-order valence-corrected chi connectivity index (χ2v) is 4.24.